The maximum absolute atomic E-state index is 12.8. The molecule has 1 saturated heterocycles. The van der Waals surface area contributed by atoms with Crippen LogP contribution in [0.3, 0.4) is 0 Å². The molecule has 0 saturated carbocycles. The molecule has 5 nitrogen and oxygen atoms in total. The average Bonchev–Trinajstić information content (AvgIpc) is 2.99. The number of benzene rings is 1. The van der Waals surface area contributed by atoms with Crippen LogP contribution in [0.1, 0.15) is 30.1 Å². The summed E-state index contributed by atoms with van der Waals surface area (Å²) in [5.74, 6) is -0.263. The summed E-state index contributed by atoms with van der Waals surface area (Å²) in [4.78, 5) is 31.1. The monoisotopic (exact) mass is 309 g/mol. The van der Waals surface area contributed by atoms with Crippen molar-refractivity contribution in [2.45, 2.75) is 25.3 Å². The highest BCUT2D eigenvalue weighted by Crippen LogP contribution is 2.31. The van der Waals surface area contributed by atoms with Crippen LogP contribution in [0.2, 0.25) is 0 Å². The first-order valence-electron chi connectivity index (χ1n) is 7.70. The molecule has 5 heteroatoms. The number of carbonyl (C=O) groups excluding carboxylic acids is 2. The highest BCUT2D eigenvalue weighted by molar-refractivity contribution is 6.03. The minimum absolute atomic E-state index is 0.101. The van der Waals surface area contributed by atoms with Gasteiger partial charge >= 0.3 is 0 Å². The maximum atomic E-state index is 12.8. The van der Waals surface area contributed by atoms with Gasteiger partial charge in [0.15, 0.2) is 0 Å². The molecule has 0 bridgehead atoms. The summed E-state index contributed by atoms with van der Waals surface area (Å²) in [5, 5.41) is 2.89. The summed E-state index contributed by atoms with van der Waals surface area (Å²) < 4.78 is 0. The van der Waals surface area contributed by atoms with Crippen molar-refractivity contribution in [1.82, 2.24) is 9.88 Å². The zero-order chi connectivity index (χ0) is 16.3. The third kappa shape index (κ3) is 2.95. The van der Waals surface area contributed by atoms with Crippen LogP contribution in [0.5, 0.6) is 0 Å². The Bertz CT molecular complexity index is 703. The highest BCUT2D eigenvalue weighted by atomic mass is 16.2. The molecule has 1 fully saturated rings. The van der Waals surface area contributed by atoms with E-state index in [9.17, 15) is 9.59 Å². The number of rotatable bonds is 3. The third-order valence-corrected chi connectivity index (χ3v) is 4.33. The standard InChI is InChI=1S/C18H19N3O2/c1-18(17(23)20-15-8-11-19-12-9-15)10-5-13-21(18)16(22)14-6-3-2-4-7-14/h2-4,6-9,11-12H,5,10,13H2,1H3,(H,19,20,23). The molecule has 118 valence electrons. The van der Waals surface area contributed by atoms with E-state index in [0.29, 0.717) is 24.2 Å². The Morgan fingerprint density at radius 3 is 2.52 bits per heavy atom. The molecule has 0 spiro atoms. The molecule has 2 heterocycles. The van der Waals surface area contributed by atoms with Crippen LogP contribution in [0.25, 0.3) is 0 Å². The van der Waals surface area contributed by atoms with E-state index in [1.807, 2.05) is 25.1 Å². The number of pyridine rings is 1. The van der Waals surface area contributed by atoms with Crippen LogP contribution < -0.4 is 5.32 Å². The van der Waals surface area contributed by atoms with Crippen molar-refractivity contribution in [2.24, 2.45) is 0 Å². The number of likely N-dealkylation sites (tertiary alicyclic amines) is 1. The number of nitrogens with zero attached hydrogens (tertiary/aromatic N) is 2. The smallest absolute Gasteiger partial charge is 0.254 e. The quantitative estimate of drug-likeness (QED) is 0.948. The Kier molecular flexibility index (Phi) is 4.10. The zero-order valence-corrected chi connectivity index (χ0v) is 13.0. The van der Waals surface area contributed by atoms with Crippen molar-refractivity contribution in [3.05, 3.63) is 60.4 Å². The topological polar surface area (TPSA) is 62.3 Å². The van der Waals surface area contributed by atoms with Gasteiger partial charge in [-0.2, -0.15) is 0 Å². The molecule has 0 radical (unpaired) electrons. The number of carbonyl (C=O) groups is 2. The molecule has 1 aliphatic heterocycles. The van der Waals surface area contributed by atoms with Gasteiger partial charge in [-0.25, -0.2) is 0 Å². The summed E-state index contributed by atoms with van der Waals surface area (Å²) in [5.41, 5.74) is 0.457. The van der Waals surface area contributed by atoms with Crippen molar-refractivity contribution >= 4 is 17.5 Å². The summed E-state index contributed by atoms with van der Waals surface area (Å²) in [6, 6.07) is 12.6. The summed E-state index contributed by atoms with van der Waals surface area (Å²) in [6.45, 7) is 2.42. The van der Waals surface area contributed by atoms with Crippen LogP contribution >= 0.6 is 0 Å². The Morgan fingerprint density at radius 2 is 1.83 bits per heavy atom. The van der Waals surface area contributed by atoms with Gasteiger partial charge in [0.2, 0.25) is 5.91 Å². The molecule has 1 aromatic carbocycles. The van der Waals surface area contributed by atoms with Gasteiger partial charge in [-0.1, -0.05) is 18.2 Å². The van der Waals surface area contributed by atoms with Gasteiger partial charge in [-0.15, -0.1) is 0 Å². The number of anilines is 1. The van der Waals surface area contributed by atoms with Crippen molar-refractivity contribution in [3.63, 3.8) is 0 Å². The van der Waals surface area contributed by atoms with Gasteiger partial charge in [-0.05, 0) is 44.0 Å². The molecule has 2 aromatic rings. The van der Waals surface area contributed by atoms with E-state index in [4.69, 9.17) is 0 Å². The average molecular weight is 309 g/mol. The van der Waals surface area contributed by atoms with Gasteiger partial charge < -0.3 is 10.2 Å². The van der Waals surface area contributed by atoms with Crippen molar-refractivity contribution in [1.29, 1.82) is 0 Å². The van der Waals surface area contributed by atoms with E-state index in [-0.39, 0.29) is 11.8 Å². The van der Waals surface area contributed by atoms with Crippen molar-refractivity contribution < 1.29 is 9.59 Å². The lowest BCUT2D eigenvalue weighted by atomic mass is 9.96. The Morgan fingerprint density at radius 1 is 1.13 bits per heavy atom. The minimum atomic E-state index is -0.837. The largest absolute Gasteiger partial charge is 0.324 e. The van der Waals surface area contributed by atoms with Crippen molar-refractivity contribution in [3.8, 4) is 0 Å². The number of aromatic nitrogens is 1. The van der Waals surface area contributed by atoms with Crippen LogP contribution in [-0.2, 0) is 4.79 Å². The van der Waals surface area contributed by atoms with Crippen LogP contribution in [0.15, 0.2) is 54.9 Å². The summed E-state index contributed by atoms with van der Waals surface area (Å²) >= 11 is 0. The fraction of sp³-hybridized carbons (Fsp3) is 0.278. The van der Waals surface area contributed by atoms with Crippen LogP contribution in [0, 0.1) is 0 Å². The molecule has 2 amide bonds. The Balaban J connectivity index is 1.81. The van der Waals surface area contributed by atoms with Gasteiger partial charge in [0.25, 0.3) is 5.91 Å². The van der Waals surface area contributed by atoms with Gasteiger partial charge in [-0.3, -0.25) is 14.6 Å². The summed E-state index contributed by atoms with van der Waals surface area (Å²) in [7, 11) is 0. The minimum Gasteiger partial charge on any atom is -0.324 e. The van der Waals surface area contributed by atoms with E-state index in [0.717, 1.165) is 6.42 Å². The van der Waals surface area contributed by atoms with E-state index in [1.165, 1.54) is 0 Å². The number of amides is 2. The fourth-order valence-electron chi connectivity index (χ4n) is 2.96. The van der Waals surface area contributed by atoms with Gasteiger partial charge in [0, 0.05) is 30.2 Å². The molecule has 3 rings (SSSR count). The first-order valence-corrected chi connectivity index (χ1v) is 7.70. The lowest BCUT2D eigenvalue weighted by molar-refractivity contribution is -0.124. The first-order chi connectivity index (χ1) is 11.1. The second-order valence-corrected chi connectivity index (χ2v) is 5.89. The second kappa shape index (κ2) is 6.20. The molecule has 0 aliphatic carbocycles. The molecule has 1 unspecified atom stereocenters. The Hall–Kier alpha value is -2.69. The predicted octanol–water partition coefficient (Wildman–Crippen LogP) is 2.72. The molecule has 1 N–H and O–H groups in total. The molecular formula is C18H19N3O2. The number of hydrogen-bond donors (Lipinski definition) is 1. The maximum Gasteiger partial charge on any atom is 0.254 e. The van der Waals surface area contributed by atoms with E-state index in [2.05, 4.69) is 10.3 Å². The predicted molar refractivity (Wildman–Crippen MR) is 88.0 cm³/mol. The van der Waals surface area contributed by atoms with Crippen molar-refractivity contribution in [2.75, 3.05) is 11.9 Å². The molecule has 1 atom stereocenters. The summed E-state index contributed by atoms with van der Waals surface area (Å²) in [6.07, 6.45) is 4.72. The van der Waals surface area contributed by atoms with Gasteiger partial charge in [0.1, 0.15) is 5.54 Å². The van der Waals surface area contributed by atoms with E-state index < -0.39 is 5.54 Å². The normalized spacial score (nSPS) is 20.3. The molecular weight excluding hydrogens is 290 g/mol. The zero-order valence-electron chi connectivity index (χ0n) is 13.0. The first kappa shape index (κ1) is 15.2. The number of hydrogen-bond acceptors (Lipinski definition) is 3. The van der Waals surface area contributed by atoms with Crippen LogP contribution in [-0.4, -0.2) is 33.8 Å². The van der Waals surface area contributed by atoms with Crippen LogP contribution in [0.4, 0.5) is 5.69 Å². The molecule has 1 aromatic heterocycles. The van der Waals surface area contributed by atoms with Gasteiger partial charge in [0.05, 0.1) is 0 Å². The van der Waals surface area contributed by atoms with E-state index in [1.54, 1.807) is 41.6 Å². The number of nitrogens with one attached hydrogen (secondary N) is 1. The molecule has 23 heavy (non-hydrogen) atoms. The lowest BCUT2D eigenvalue weighted by Crippen LogP contribution is -2.53. The highest BCUT2D eigenvalue weighted by Gasteiger charge is 2.45. The lowest BCUT2D eigenvalue weighted by Gasteiger charge is -2.34. The SMILES string of the molecule is CC1(C(=O)Nc2ccncc2)CCCN1C(=O)c1ccccc1. The van der Waals surface area contributed by atoms with E-state index >= 15 is 0 Å². The Labute approximate surface area is 135 Å². The second-order valence-electron chi connectivity index (χ2n) is 5.89. The molecule has 1 aliphatic rings. The third-order valence-electron chi connectivity index (χ3n) is 4.33. The fourth-order valence-corrected chi connectivity index (χ4v) is 2.96.